The van der Waals surface area contributed by atoms with Gasteiger partial charge in [0.15, 0.2) is 0 Å². The molecule has 0 rings (SSSR count). The number of carboxylic acid groups (broad SMARTS) is 1. The smallest absolute Gasteiger partial charge is 0.417 e. The van der Waals surface area contributed by atoms with Crippen molar-refractivity contribution in [3.8, 4) is 0 Å². The molecule has 1 radical (unpaired) electrons. The summed E-state index contributed by atoms with van der Waals surface area (Å²) in [4.78, 5) is 20.1. The van der Waals surface area contributed by atoms with Crippen molar-refractivity contribution in [3.05, 3.63) is 0 Å². The van der Waals surface area contributed by atoms with Crippen LogP contribution in [0.2, 0.25) is 0 Å². The van der Waals surface area contributed by atoms with Gasteiger partial charge in [0.05, 0.1) is 12.5 Å². The summed E-state index contributed by atoms with van der Waals surface area (Å²) in [6.45, 7) is 3.32. The largest absolute Gasteiger partial charge is 0.481 e. The van der Waals surface area contributed by atoms with Crippen LogP contribution in [-0.2, 0) is 14.3 Å². The van der Waals surface area contributed by atoms with Crippen molar-refractivity contribution in [2.45, 2.75) is 26.2 Å². The molecular formula is C8H13O4. The summed E-state index contributed by atoms with van der Waals surface area (Å²) in [5, 5.41) is 8.65. The normalized spacial score (nSPS) is 12.1. The topological polar surface area (TPSA) is 63.6 Å². The Balaban J connectivity index is 3.63. The van der Waals surface area contributed by atoms with E-state index in [4.69, 9.17) is 5.11 Å². The number of carbonyl (C=O) groups is 1. The predicted molar refractivity (Wildman–Crippen MR) is 42.3 cm³/mol. The van der Waals surface area contributed by atoms with Crippen molar-refractivity contribution in [2.24, 2.45) is 5.92 Å². The molecule has 1 atom stereocenters. The molecule has 0 spiro atoms. The van der Waals surface area contributed by atoms with Gasteiger partial charge in [0.2, 0.25) is 0 Å². The molecule has 0 aliphatic rings. The van der Waals surface area contributed by atoms with Gasteiger partial charge in [-0.1, -0.05) is 13.3 Å². The first kappa shape index (κ1) is 10.9. The number of carbonyl (C=O) groups excluding carboxylic acids is 1. The molecule has 4 nitrogen and oxygen atoms in total. The van der Waals surface area contributed by atoms with E-state index in [0.29, 0.717) is 12.8 Å². The van der Waals surface area contributed by atoms with E-state index in [2.05, 4.69) is 4.74 Å². The molecule has 0 aromatic rings. The van der Waals surface area contributed by atoms with Crippen LogP contribution < -0.4 is 0 Å². The lowest BCUT2D eigenvalue weighted by molar-refractivity contribution is -0.142. The second kappa shape index (κ2) is 6.64. The number of aliphatic carboxylic acids is 1. The first-order valence-electron chi connectivity index (χ1n) is 3.94. The number of ether oxygens (including phenoxy) is 1. The van der Waals surface area contributed by atoms with Gasteiger partial charge in [-0.15, -0.1) is 0 Å². The molecule has 0 aromatic carbocycles. The zero-order chi connectivity index (χ0) is 9.40. The molecular weight excluding hydrogens is 160 g/mol. The van der Waals surface area contributed by atoms with Crippen LogP contribution in [0.15, 0.2) is 0 Å². The highest BCUT2D eigenvalue weighted by molar-refractivity contribution is 5.69. The average molecular weight is 173 g/mol. The molecule has 0 bridgehead atoms. The third-order valence-electron chi connectivity index (χ3n) is 1.61. The maximum absolute atomic E-state index is 10.5. The van der Waals surface area contributed by atoms with Crippen molar-refractivity contribution in [1.82, 2.24) is 0 Å². The van der Waals surface area contributed by atoms with Crippen molar-refractivity contribution < 1.29 is 19.4 Å². The van der Waals surface area contributed by atoms with Gasteiger partial charge in [-0.2, -0.15) is 0 Å². The predicted octanol–water partition coefficient (Wildman–Crippen LogP) is 0.961. The molecule has 0 aliphatic carbocycles. The summed E-state index contributed by atoms with van der Waals surface area (Å²) < 4.78 is 4.29. The Morgan fingerprint density at radius 1 is 1.58 bits per heavy atom. The van der Waals surface area contributed by atoms with Gasteiger partial charge in [-0.25, -0.2) is 4.79 Å². The van der Waals surface area contributed by atoms with E-state index >= 15 is 0 Å². The fourth-order valence-corrected chi connectivity index (χ4v) is 0.983. The molecule has 0 heterocycles. The fraction of sp³-hybridized carbons (Fsp3) is 0.750. The summed E-state index contributed by atoms with van der Waals surface area (Å²) in [5.74, 6) is -1.23. The average Bonchev–Trinajstić information content (AvgIpc) is 2.03. The zero-order valence-corrected chi connectivity index (χ0v) is 7.08. The van der Waals surface area contributed by atoms with Crippen LogP contribution in [-0.4, -0.2) is 24.2 Å². The lowest BCUT2D eigenvalue weighted by Gasteiger charge is -2.08. The van der Waals surface area contributed by atoms with E-state index in [1.54, 1.807) is 0 Å². The van der Waals surface area contributed by atoms with Crippen LogP contribution in [0.5, 0.6) is 0 Å². The molecule has 0 saturated carbocycles. The Labute approximate surface area is 71.5 Å². The van der Waals surface area contributed by atoms with Gasteiger partial charge < -0.3 is 9.84 Å². The Morgan fingerprint density at radius 3 is 2.67 bits per heavy atom. The van der Waals surface area contributed by atoms with Gasteiger partial charge in [-0.3, -0.25) is 4.79 Å². The maximum Gasteiger partial charge on any atom is 0.417 e. The van der Waals surface area contributed by atoms with Gasteiger partial charge in [0.25, 0.3) is 0 Å². The Kier molecular flexibility index (Phi) is 6.05. The van der Waals surface area contributed by atoms with E-state index in [-0.39, 0.29) is 6.61 Å². The highest BCUT2D eigenvalue weighted by Gasteiger charge is 2.15. The van der Waals surface area contributed by atoms with Crippen molar-refractivity contribution >= 4 is 12.4 Å². The number of carboxylic acids is 1. The van der Waals surface area contributed by atoms with Gasteiger partial charge in [0.1, 0.15) is 0 Å². The summed E-state index contributed by atoms with van der Waals surface area (Å²) in [7, 11) is 0. The Morgan fingerprint density at radius 2 is 2.25 bits per heavy atom. The van der Waals surface area contributed by atoms with E-state index in [0.717, 1.165) is 6.42 Å². The monoisotopic (exact) mass is 173 g/mol. The Bertz CT molecular complexity index is 144. The van der Waals surface area contributed by atoms with Crippen LogP contribution in [0.1, 0.15) is 26.2 Å². The van der Waals surface area contributed by atoms with Crippen molar-refractivity contribution in [1.29, 1.82) is 0 Å². The zero-order valence-electron chi connectivity index (χ0n) is 7.08. The summed E-state index contributed by atoms with van der Waals surface area (Å²) in [5.41, 5.74) is 0. The molecule has 0 aliphatic heterocycles. The highest BCUT2D eigenvalue weighted by Crippen LogP contribution is 2.10. The number of hydrogen-bond donors (Lipinski definition) is 1. The van der Waals surface area contributed by atoms with Gasteiger partial charge >= 0.3 is 12.4 Å². The van der Waals surface area contributed by atoms with Crippen LogP contribution in [0.3, 0.4) is 0 Å². The minimum absolute atomic E-state index is 0.139. The van der Waals surface area contributed by atoms with E-state index in [1.807, 2.05) is 6.92 Å². The molecule has 0 aromatic heterocycles. The first-order valence-corrected chi connectivity index (χ1v) is 3.94. The SMILES string of the molecule is CCCC(CCO[C]=O)C(=O)O. The summed E-state index contributed by atoms with van der Waals surface area (Å²) in [6, 6.07) is 0. The minimum Gasteiger partial charge on any atom is -0.481 e. The number of hydrogen-bond acceptors (Lipinski definition) is 3. The Hall–Kier alpha value is -1.06. The molecule has 69 valence electrons. The summed E-state index contributed by atoms with van der Waals surface area (Å²) in [6.07, 6.45) is 1.82. The van der Waals surface area contributed by atoms with E-state index in [9.17, 15) is 9.59 Å². The van der Waals surface area contributed by atoms with E-state index < -0.39 is 11.9 Å². The molecule has 1 N–H and O–H groups in total. The second-order valence-electron chi connectivity index (χ2n) is 2.54. The third-order valence-corrected chi connectivity index (χ3v) is 1.61. The highest BCUT2D eigenvalue weighted by atomic mass is 16.5. The van der Waals surface area contributed by atoms with Gasteiger partial charge in [0, 0.05) is 0 Å². The minimum atomic E-state index is -0.827. The maximum atomic E-state index is 10.5. The second-order valence-corrected chi connectivity index (χ2v) is 2.54. The molecule has 12 heavy (non-hydrogen) atoms. The molecule has 4 heteroatoms. The van der Waals surface area contributed by atoms with Crippen LogP contribution in [0.25, 0.3) is 0 Å². The van der Waals surface area contributed by atoms with Crippen molar-refractivity contribution in [3.63, 3.8) is 0 Å². The number of rotatable bonds is 7. The fourth-order valence-electron chi connectivity index (χ4n) is 0.983. The summed E-state index contributed by atoms with van der Waals surface area (Å²) >= 11 is 0. The lowest BCUT2D eigenvalue weighted by atomic mass is 10.0. The van der Waals surface area contributed by atoms with Crippen molar-refractivity contribution in [2.75, 3.05) is 6.61 Å². The molecule has 1 unspecified atom stereocenters. The first-order chi connectivity index (χ1) is 5.72. The van der Waals surface area contributed by atoms with E-state index in [1.165, 1.54) is 6.47 Å². The third kappa shape index (κ3) is 4.71. The van der Waals surface area contributed by atoms with Crippen LogP contribution >= 0.6 is 0 Å². The lowest BCUT2D eigenvalue weighted by Crippen LogP contribution is -2.15. The molecule has 0 fully saturated rings. The molecule has 0 saturated heterocycles. The van der Waals surface area contributed by atoms with Crippen LogP contribution in [0.4, 0.5) is 0 Å². The standard InChI is InChI=1S/C8H13O4/c1-2-3-7(8(10)11)4-5-12-6-9/h7H,2-5H2,1H3,(H,10,11). The van der Waals surface area contributed by atoms with Crippen LogP contribution in [0, 0.1) is 5.92 Å². The molecule has 0 amide bonds. The quantitative estimate of drug-likeness (QED) is 0.582. The van der Waals surface area contributed by atoms with Gasteiger partial charge in [-0.05, 0) is 12.8 Å².